The van der Waals surface area contributed by atoms with Crippen molar-refractivity contribution in [2.75, 3.05) is 33.0 Å². The summed E-state index contributed by atoms with van der Waals surface area (Å²) < 4.78 is 34.0. The number of hydrogen-bond donors (Lipinski definition) is 7. The van der Waals surface area contributed by atoms with Crippen LogP contribution in [0.2, 0.25) is 0 Å². The first-order chi connectivity index (χ1) is 26.1. The highest BCUT2D eigenvalue weighted by Crippen LogP contribution is 2.26. The second kappa shape index (κ2) is 30.1. The smallest absolute Gasteiger partial charge is 0.306 e. The molecule has 2 fully saturated rings. The Morgan fingerprint density at radius 2 is 0.981 bits per heavy atom. The van der Waals surface area contributed by atoms with Gasteiger partial charge in [0.2, 0.25) is 0 Å². The molecule has 0 aliphatic carbocycles. The number of esters is 1. The number of unbranched alkanes of at least 4 members (excludes halogenated alkanes) is 18. The second-order valence-electron chi connectivity index (χ2n) is 15.2. The van der Waals surface area contributed by atoms with E-state index in [1.54, 1.807) is 0 Å². The quantitative estimate of drug-likeness (QED) is 0.0383. The molecule has 11 atom stereocenters. The lowest BCUT2D eigenvalue weighted by Gasteiger charge is -2.42. The third-order valence-electron chi connectivity index (χ3n) is 10.4. The van der Waals surface area contributed by atoms with E-state index in [0.29, 0.717) is 13.0 Å². The van der Waals surface area contributed by atoms with Gasteiger partial charge in [0.05, 0.1) is 26.4 Å². The van der Waals surface area contributed by atoms with E-state index in [2.05, 4.69) is 13.8 Å². The van der Waals surface area contributed by atoms with Crippen molar-refractivity contribution in [2.24, 2.45) is 0 Å². The van der Waals surface area contributed by atoms with E-state index >= 15 is 0 Å². The van der Waals surface area contributed by atoms with Gasteiger partial charge in [0.25, 0.3) is 0 Å². The fraction of sp³-hybridized carbons (Fsp3) is 0.975. The van der Waals surface area contributed by atoms with E-state index in [0.717, 1.165) is 38.5 Å². The molecule has 0 spiro atoms. The molecule has 2 rings (SSSR count). The lowest BCUT2D eigenvalue weighted by Crippen LogP contribution is -2.61. The zero-order valence-corrected chi connectivity index (χ0v) is 33.2. The van der Waals surface area contributed by atoms with Crippen LogP contribution in [0.1, 0.15) is 149 Å². The molecular formula is C40H76O14. The zero-order valence-electron chi connectivity index (χ0n) is 33.2. The third kappa shape index (κ3) is 19.4. The summed E-state index contributed by atoms with van der Waals surface area (Å²) in [6, 6.07) is 0. The highest BCUT2D eigenvalue weighted by Gasteiger charge is 2.47. The van der Waals surface area contributed by atoms with Crippen molar-refractivity contribution >= 4 is 5.97 Å². The molecule has 0 radical (unpaired) electrons. The van der Waals surface area contributed by atoms with E-state index in [1.807, 2.05) is 0 Å². The molecule has 11 unspecified atom stereocenters. The number of carbonyl (C=O) groups excluding carboxylic acids is 1. The van der Waals surface area contributed by atoms with Gasteiger partial charge in [0.1, 0.15) is 54.9 Å². The number of aliphatic hydroxyl groups excluding tert-OH is 7. The van der Waals surface area contributed by atoms with Crippen LogP contribution in [0, 0.1) is 0 Å². The van der Waals surface area contributed by atoms with Gasteiger partial charge in [-0.2, -0.15) is 0 Å². The predicted octanol–water partition coefficient (Wildman–Crippen LogP) is 3.79. The monoisotopic (exact) mass is 781 g/mol. The van der Waals surface area contributed by atoms with Gasteiger partial charge in [-0.25, -0.2) is 0 Å². The summed E-state index contributed by atoms with van der Waals surface area (Å²) in [5.41, 5.74) is 0. The van der Waals surface area contributed by atoms with Crippen LogP contribution in [-0.4, -0.2) is 142 Å². The summed E-state index contributed by atoms with van der Waals surface area (Å²) in [5, 5.41) is 71.6. The van der Waals surface area contributed by atoms with Gasteiger partial charge in [-0.1, -0.05) is 129 Å². The Kier molecular flexibility index (Phi) is 27.4. The van der Waals surface area contributed by atoms with Gasteiger partial charge in [-0.05, 0) is 12.8 Å². The van der Waals surface area contributed by atoms with Crippen LogP contribution >= 0.6 is 0 Å². The standard InChI is InChI=1S/C40H76O14/c1-3-5-7-9-11-12-13-14-15-16-17-19-21-23-32(42)52-29(26-49-24-22-20-18-10-8-6-4-2)27-50-39-38(48)36(46)34(44)31(54-39)28-51-40-37(47)35(45)33(43)30(25-41)53-40/h29-31,33-41,43-48H,3-28H2,1-2H3. The molecule has 2 saturated heterocycles. The SMILES string of the molecule is CCCCCCCCCCCCCCCC(=O)OC(COCCCCCCCCC)COC1OC(COC2OC(CO)C(O)C(O)C2O)C(O)C(O)C1O. The van der Waals surface area contributed by atoms with Crippen molar-refractivity contribution in [1.82, 2.24) is 0 Å². The van der Waals surface area contributed by atoms with E-state index in [1.165, 1.54) is 83.5 Å². The first kappa shape index (κ1) is 49.1. The highest BCUT2D eigenvalue weighted by atomic mass is 16.7. The molecule has 14 heteroatoms. The summed E-state index contributed by atoms with van der Waals surface area (Å²) in [5.74, 6) is -0.377. The first-order valence-corrected chi connectivity index (χ1v) is 21.1. The largest absolute Gasteiger partial charge is 0.457 e. The summed E-state index contributed by atoms with van der Waals surface area (Å²) in [4.78, 5) is 12.8. The van der Waals surface area contributed by atoms with Gasteiger partial charge >= 0.3 is 5.97 Å². The van der Waals surface area contributed by atoms with E-state index in [-0.39, 0.29) is 25.6 Å². The summed E-state index contributed by atoms with van der Waals surface area (Å²) >= 11 is 0. The Balaban J connectivity index is 1.82. The fourth-order valence-electron chi connectivity index (χ4n) is 6.81. The number of aliphatic hydroxyl groups is 7. The number of ether oxygens (including phenoxy) is 6. The maximum Gasteiger partial charge on any atom is 0.306 e. The normalized spacial score (nSPS) is 29.4. The minimum absolute atomic E-state index is 0.0673. The van der Waals surface area contributed by atoms with Gasteiger partial charge in [0, 0.05) is 13.0 Å². The molecule has 320 valence electrons. The van der Waals surface area contributed by atoms with Crippen molar-refractivity contribution in [1.29, 1.82) is 0 Å². The van der Waals surface area contributed by atoms with Gasteiger partial charge in [0.15, 0.2) is 12.6 Å². The summed E-state index contributed by atoms with van der Waals surface area (Å²) in [6.45, 7) is 3.64. The molecule has 14 nitrogen and oxygen atoms in total. The zero-order chi connectivity index (χ0) is 39.6. The van der Waals surface area contributed by atoms with Crippen molar-refractivity contribution in [2.45, 2.75) is 216 Å². The molecule has 0 aromatic heterocycles. The average Bonchev–Trinajstić information content (AvgIpc) is 3.16. The Morgan fingerprint density at radius 3 is 1.50 bits per heavy atom. The fourth-order valence-corrected chi connectivity index (χ4v) is 6.81. The molecule has 2 aliphatic heterocycles. The van der Waals surface area contributed by atoms with E-state index < -0.39 is 80.7 Å². The molecule has 2 heterocycles. The number of hydrogen-bond acceptors (Lipinski definition) is 14. The molecule has 0 amide bonds. The van der Waals surface area contributed by atoms with E-state index in [9.17, 15) is 40.5 Å². The molecule has 54 heavy (non-hydrogen) atoms. The third-order valence-corrected chi connectivity index (χ3v) is 10.4. The summed E-state index contributed by atoms with van der Waals surface area (Å²) in [6.07, 6.45) is 7.67. The highest BCUT2D eigenvalue weighted by molar-refractivity contribution is 5.69. The molecule has 0 aromatic carbocycles. The lowest BCUT2D eigenvalue weighted by atomic mass is 9.98. The Bertz CT molecular complexity index is 912. The van der Waals surface area contributed by atoms with Crippen molar-refractivity contribution in [3.8, 4) is 0 Å². The van der Waals surface area contributed by atoms with Crippen LogP contribution in [0.3, 0.4) is 0 Å². The number of carbonyl (C=O) groups is 1. The molecular weight excluding hydrogens is 704 g/mol. The molecule has 0 aromatic rings. The predicted molar refractivity (Wildman–Crippen MR) is 201 cm³/mol. The van der Waals surface area contributed by atoms with Gasteiger partial charge in [-0.3, -0.25) is 4.79 Å². The van der Waals surface area contributed by atoms with Crippen molar-refractivity contribution in [3.63, 3.8) is 0 Å². The minimum Gasteiger partial charge on any atom is -0.457 e. The number of rotatable bonds is 32. The molecule has 2 aliphatic rings. The van der Waals surface area contributed by atoms with Crippen LogP contribution in [0.5, 0.6) is 0 Å². The van der Waals surface area contributed by atoms with E-state index in [4.69, 9.17) is 28.4 Å². The lowest BCUT2D eigenvalue weighted by molar-refractivity contribution is -0.332. The second-order valence-corrected chi connectivity index (χ2v) is 15.2. The maximum atomic E-state index is 12.8. The molecule has 0 bridgehead atoms. The van der Waals surface area contributed by atoms with Crippen LogP contribution in [-0.2, 0) is 33.2 Å². The Labute approximate surface area is 323 Å². The molecule has 7 N–H and O–H groups in total. The van der Waals surface area contributed by atoms with Crippen LogP contribution in [0.15, 0.2) is 0 Å². The average molecular weight is 781 g/mol. The minimum atomic E-state index is -1.70. The first-order valence-electron chi connectivity index (χ1n) is 21.1. The van der Waals surface area contributed by atoms with Crippen molar-refractivity contribution in [3.05, 3.63) is 0 Å². The van der Waals surface area contributed by atoms with Gasteiger partial charge in [-0.15, -0.1) is 0 Å². The molecule has 0 saturated carbocycles. The van der Waals surface area contributed by atoms with Crippen LogP contribution in [0.4, 0.5) is 0 Å². The maximum absolute atomic E-state index is 12.8. The Morgan fingerprint density at radius 1 is 0.537 bits per heavy atom. The topological polar surface area (TPSA) is 214 Å². The van der Waals surface area contributed by atoms with Gasteiger partial charge < -0.3 is 64.2 Å². The van der Waals surface area contributed by atoms with Crippen LogP contribution in [0.25, 0.3) is 0 Å². The summed E-state index contributed by atoms with van der Waals surface area (Å²) in [7, 11) is 0. The van der Waals surface area contributed by atoms with Crippen molar-refractivity contribution < 1.29 is 69.0 Å². The van der Waals surface area contributed by atoms with Crippen LogP contribution < -0.4 is 0 Å². The Hall–Kier alpha value is -1.01.